The lowest BCUT2D eigenvalue weighted by molar-refractivity contribution is -0.139. The fourth-order valence-electron chi connectivity index (χ4n) is 2.10. The van der Waals surface area contributed by atoms with Crippen LogP contribution in [0.15, 0.2) is 0 Å². The zero-order valence-electron chi connectivity index (χ0n) is 11.9. The monoisotopic (exact) mass is 270 g/mol. The highest BCUT2D eigenvalue weighted by atomic mass is 16.5. The molecule has 0 saturated carbocycles. The molecule has 2 N–H and O–H groups in total. The third kappa shape index (κ3) is 7.15. The van der Waals surface area contributed by atoms with E-state index in [4.69, 9.17) is 4.74 Å². The maximum absolute atomic E-state index is 11.5. The van der Waals surface area contributed by atoms with Crippen molar-refractivity contribution < 1.29 is 14.3 Å². The van der Waals surface area contributed by atoms with Gasteiger partial charge in [-0.25, -0.2) is 0 Å². The molecule has 1 aliphatic heterocycles. The Bertz CT molecular complexity index is 276. The number of carbonyl (C=O) groups is 2. The number of carbonyl (C=O) groups excluding carboxylic acids is 2. The predicted molar refractivity (Wildman–Crippen MR) is 73.8 cm³/mol. The van der Waals surface area contributed by atoms with Crippen molar-refractivity contribution in [3.8, 4) is 0 Å². The molecule has 0 spiro atoms. The number of amides is 2. The van der Waals surface area contributed by atoms with Gasteiger partial charge in [-0.1, -0.05) is 32.6 Å². The van der Waals surface area contributed by atoms with E-state index in [1.54, 1.807) is 0 Å². The Kier molecular flexibility index (Phi) is 8.21. The molecule has 1 atom stereocenters. The van der Waals surface area contributed by atoms with Crippen molar-refractivity contribution in [2.45, 2.75) is 58.0 Å². The molecule has 5 heteroatoms. The summed E-state index contributed by atoms with van der Waals surface area (Å²) in [6.45, 7) is 3.93. The Balaban J connectivity index is 1.99. The Hall–Kier alpha value is -1.10. The van der Waals surface area contributed by atoms with Gasteiger partial charge >= 0.3 is 11.8 Å². The maximum Gasteiger partial charge on any atom is 0.309 e. The van der Waals surface area contributed by atoms with Crippen molar-refractivity contribution in [2.75, 3.05) is 19.7 Å². The second-order valence-electron chi connectivity index (χ2n) is 5.02. The molecular weight excluding hydrogens is 244 g/mol. The summed E-state index contributed by atoms with van der Waals surface area (Å²) in [5.41, 5.74) is 0. The van der Waals surface area contributed by atoms with Gasteiger partial charge in [-0.15, -0.1) is 0 Å². The second kappa shape index (κ2) is 9.78. The Morgan fingerprint density at radius 3 is 2.53 bits per heavy atom. The summed E-state index contributed by atoms with van der Waals surface area (Å²) >= 11 is 0. The molecule has 1 saturated heterocycles. The van der Waals surface area contributed by atoms with Crippen LogP contribution in [0.1, 0.15) is 51.9 Å². The lowest BCUT2D eigenvalue weighted by Crippen LogP contribution is -2.42. The smallest absolute Gasteiger partial charge is 0.309 e. The zero-order chi connectivity index (χ0) is 13.9. The van der Waals surface area contributed by atoms with Crippen molar-refractivity contribution in [1.82, 2.24) is 10.6 Å². The first-order valence-corrected chi connectivity index (χ1v) is 7.41. The largest absolute Gasteiger partial charge is 0.376 e. The first-order chi connectivity index (χ1) is 9.24. The minimum absolute atomic E-state index is 0.0748. The molecule has 1 fully saturated rings. The van der Waals surface area contributed by atoms with Crippen LogP contribution in [-0.4, -0.2) is 37.6 Å². The predicted octanol–water partition coefficient (Wildman–Crippen LogP) is 1.37. The highest BCUT2D eigenvalue weighted by molar-refractivity contribution is 6.35. The van der Waals surface area contributed by atoms with Crippen LogP contribution in [0, 0.1) is 0 Å². The van der Waals surface area contributed by atoms with Gasteiger partial charge in [0.15, 0.2) is 0 Å². The molecule has 0 bridgehead atoms. The summed E-state index contributed by atoms with van der Waals surface area (Å²) in [4.78, 5) is 23.0. The summed E-state index contributed by atoms with van der Waals surface area (Å²) in [5, 5.41) is 5.25. The fourth-order valence-corrected chi connectivity index (χ4v) is 2.10. The van der Waals surface area contributed by atoms with Crippen molar-refractivity contribution >= 4 is 11.8 Å². The Morgan fingerprint density at radius 2 is 1.84 bits per heavy atom. The van der Waals surface area contributed by atoms with E-state index in [1.165, 1.54) is 19.3 Å². The molecule has 2 amide bonds. The number of hydrogen-bond acceptors (Lipinski definition) is 3. The highest BCUT2D eigenvalue weighted by Gasteiger charge is 2.18. The van der Waals surface area contributed by atoms with Crippen molar-refractivity contribution in [1.29, 1.82) is 0 Å². The van der Waals surface area contributed by atoms with Gasteiger partial charge in [0.05, 0.1) is 6.10 Å². The number of rotatable bonds is 8. The zero-order valence-corrected chi connectivity index (χ0v) is 11.9. The summed E-state index contributed by atoms with van der Waals surface area (Å²) in [7, 11) is 0. The van der Waals surface area contributed by atoms with E-state index in [0.717, 1.165) is 32.3 Å². The summed E-state index contributed by atoms with van der Waals surface area (Å²) < 4.78 is 5.37. The lowest BCUT2D eigenvalue weighted by Gasteiger charge is -2.10. The molecule has 0 aromatic carbocycles. The van der Waals surface area contributed by atoms with Crippen LogP contribution in [0.5, 0.6) is 0 Å². The summed E-state index contributed by atoms with van der Waals surface area (Å²) in [6, 6.07) is 0. The van der Waals surface area contributed by atoms with Crippen LogP contribution >= 0.6 is 0 Å². The summed E-state index contributed by atoms with van der Waals surface area (Å²) in [6.07, 6.45) is 7.73. The number of nitrogens with one attached hydrogen (secondary N) is 2. The van der Waals surface area contributed by atoms with Crippen LogP contribution in [0.3, 0.4) is 0 Å². The molecule has 1 rings (SSSR count). The molecule has 0 unspecified atom stereocenters. The molecule has 0 radical (unpaired) electrons. The molecular formula is C14H26N2O3. The van der Waals surface area contributed by atoms with Crippen LogP contribution in [-0.2, 0) is 14.3 Å². The Morgan fingerprint density at radius 1 is 1.11 bits per heavy atom. The standard InChI is InChI=1S/C14H26N2O3/c1-2-3-4-5-6-9-15-13(17)14(18)16-11-12-8-7-10-19-12/h12H,2-11H2,1H3,(H,15,17)(H,16,18)/t12-/m0/s1. The van der Waals surface area contributed by atoms with E-state index >= 15 is 0 Å². The van der Waals surface area contributed by atoms with E-state index in [0.29, 0.717) is 13.1 Å². The van der Waals surface area contributed by atoms with Gasteiger partial charge in [0.1, 0.15) is 0 Å². The van der Waals surface area contributed by atoms with Crippen LogP contribution in [0.25, 0.3) is 0 Å². The third-order valence-corrected chi connectivity index (χ3v) is 3.29. The van der Waals surface area contributed by atoms with Gasteiger partial charge in [0.2, 0.25) is 0 Å². The normalized spacial score (nSPS) is 18.3. The van der Waals surface area contributed by atoms with E-state index in [-0.39, 0.29) is 6.10 Å². The summed E-state index contributed by atoms with van der Waals surface area (Å²) in [5.74, 6) is -1.09. The average molecular weight is 270 g/mol. The van der Waals surface area contributed by atoms with Crippen LogP contribution in [0.2, 0.25) is 0 Å². The number of ether oxygens (including phenoxy) is 1. The number of hydrogen-bond donors (Lipinski definition) is 2. The minimum atomic E-state index is -0.552. The lowest BCUT2D eigenvalue weighted by atomic mass is 10.1. The topological polar surface area (TPSA) is 67.4 Å². The highest BCUT2D eigenvalue weighted by Crippen LogP contribution is 2.10. The Labute approximate surface area is 115 Å². The van der Waals surface area contributed by atoms with Crippen molar-refractivity contribution in [3.63, 3.8) is 0 Å². The van der Waals surface area contributed by atoms with E-state index < -0.39 is 11.8 Å². The van der Waals surface area contributed by atoms with Crippen LogP contribution in [0.4, 0.5) is 0 Å². The molecule has 0 aliphatic carbocycles. The van der Waals surface area contributed by atoms with E-state index in [2.05, 4.69) is 17.6 Å². The van der Waals surface area contributed by atoms with Crippen molar-refractivity contribution in [2.24, 2.45) is 0 Å². The van der Waals surface area contributed by atoms with E-state index in [9.17, 15) is 9.59 Å². The maximum atomic E-state index is 11.5. The number of unbranched alkanes of at least 4 members (excludes halogenated alkanes) is 4. The van der Waals surface area contributed by atoms with E-state index in [1.807, 2.05) is 0 Å². The molecule has 0 aromatic heterocycles. The van der Waals surface area contributed by atoms with Gasteiger partial charge in [-0.05, 0) is 19.3 Å². The minimum Gasteiger partial charge on any atom is -0.376 e. The average Bonchev–Trinajstić information content (AvgIpc) is 2.93. The fraction of sp³-hybridized carbons (Fsp3) is 0.857. The molecule has 1 aliphatic rings. The molecule has 1 heterocycles. The second-order valence-corrected chi connectivity index (χ2v) is 5.02. The van der Waals surface area contributed by atoms with Crippen LogP contribution < -0.4 is 10.6 Å². The molecule has 19 heavy (non-hydrogen) atoms. The van der Waals surface area contributed by atoms with Gasteiger partial charge in [-0.3, -0.25) is 9.59 Å². The molecule has 5 nitrogen and oxygen atoms in total. The molecule has 0 aromatic rings. The quantitative estimate of drug-likeness (QED) is 0.517. The van der Waals surface area contributed by atoms with Gasteiger partial charge in [-0.2, -0.15) is 0 Å². The van der Waals surface area contributed by atoms with Gasteiger partial charge < -0.3 is 15.4 Å². The SMILES string of the molecule is CCCCCCCNC(=O)C(=O)NC[C@@H]1CCCO1. The first kappa shape index (κ1) is 16.0. The van der Waals surface area contributed by atoms with Gasteiger partial charge in [0.25, 0.3) is 0 Å². The first-order valence-electron chi connectivity index (χ1n) is 7.41. The third-order valence-electron chi connectivity index (χ3n) is 3.29. The molecule has 110 valence electrons. The van der Waals surface area contributed by atoms with Crippen molar-refractivity contribution in [3.05, 3.63) is 0 Å². The van der Waals surface area contributed by atoms with Gasteiger partial charge in [0, 0.05) is 19.7 Å².